The van der Waals surface area contributed by atoms with Crippen molar-refractivity contribution in [2.24, 2.45) is 5.10 Å². The number of benzene rings is 1. The van der Waals surface area contributed by atoms with E-state index < -0.39 is 0 Å². The molecule has 1 amide bonds. The van der Waals surface area contributed by atoms with Crippen LogP contribution in [0.2, 0.25) is 0 Å². The van der Waals surface area contributed by atoms with E-state index in [9.17, 15) is 4.79 Å². The van der Waals surface area contributed by atoms with Crippen LogP contribution in [0.1, 0.15) is 23.0 Å². The number of carbonyl (C=O) groups is 1. The van der Waals surface area contributed by atoms with Gasteiger partial charge in [0.15, 0.2) is 11.5 Å². The minimum absolute atomic E-state index is 0.291. The number of ether oxygens (including phenoxy) is 3. The summed E-state index contributed by atoms with van der Waals surface area (Å²) in [6.07, 6.45) is 1.55. The van der Waals surface area contributed by atoms with Gasteiger partial charge in [-0.15, -0.1) is 0 Å². The smallest absolute Gasteiger partial charge is 0.289 e. The maximum absolute atomic E-state index is 12.0. The van der Waals surface area contributed by atoms with Gasteiger partial charge in [0, 0.05) is 11.8 Å². The zero-order valence-corrected chi connectivity index (χ0v) is 14.0. The van der Waals surface area contributed by atoms with Crippen LogP contribution in [0.25, 0.3) is 0 Å². The number of carbonyl (C=O) groups excluding carboxylic acids is 1. The Balaban J connectivity index is 2.25. The SMILES string of the molecule is COc1cc(/C(C)=N/NC(=O)c2ccccn2)cc(OC)c1OC. The number of hydrogen-bond acceptors (Lipinski definition) is 6. The molecular weight excluding hydrogens is 310 g/mol. The first kappa shape index (κ1) is 17.3. The molecule has 0 saturated heterocycles. The van der Waals surface area contributed by atoms with E-state index in [4.69, 9.17) is 14.2 Å². The highest BCUT2D eigenvalue weighted by molar-refractivity contribution is 6.01. The van der Waals surface area contributed by atoms with E-state index in [1.54, 1.807) is 43.5 Å². The number of amides is 1. The molecule has 0 saturated carbocycles. The van der Waals surface area contributed by atoms with E-state index in [0.717, 1.165) is 5.56 Å². The van der Waals surface area contributed by atoms with E-state index in [-0.39, 0.29) is 5.91 Å². The third-order valence-corrected chi connectivity index (χ3v) is 3.31. The van der Waals surface area contributed by atoms with Crippen molar-refractivity contribution in [3.05, 3.63) is 47.8 Å². The number of pyridine rings is 1. The molecule has 0 aliphatic carbocycles. The molecular formula is C17H19N3O4. The summed E-state index contributed by atoms with van der Waals surface area (Å²) < 4.78 is 15.9. The van der Waals surface area contributed by atoms with Crippen LogP contribution in [0.3, 0.4) is 0 Å². The summed E-state index contributed by atoms with van der Waals surface area (Å²) in [6.45, 7) is 1.76. The van der Waals surface area contributed by atoms with Crippen LogP contribution in [-0.2, 0) is 0 Å². The largest absolute Gasteiger partial charge is 0.493 e. The van der Waals surface area contributed by atoms with Crippen LogP contribution >= 0.6 is 0 Å². The number of methoxy groups -OCH3 is 3. The van der Waals surface area contributed by atoms with Crippen LogP contribution in [0, 0.1) is 0 Å². The molecule has 0 spiro atoms. The summed E-state index contributed by atoms with van der Waals surface area (Å²) in [5.74, 6) is 1.13. The van der Waals surface area contributed by atoms with Gasteiger partial charge < -0.3 is 14.2 Å². The molecule has 0 aliphatic heterocycles. The average Bonchev–Trinajstić information content (AvgIpc) is 2.65. The average molecular weight is 329 g/mol. The first-order valence-corrected chi connectivity index (χ1v) is 7.16. The Kier molecular flexibility index (Phi) is 5.73. The van der Waals surface area contributed by atoms with Crippen LogP contribution in [-0.4, -0.2) is 37.9 Å². The van der Waals surface area contributed by atoms with E-state index in [0.29, 0.717) is 28.7 Å². The Morgan fingerprint density at radius 2 is 1.75 bits per heavy atom. The lowest BCUT2D eigenvalue weighted by Crippen LogP contribution is -2.20. The summed E-state index contributed by atoms with van der Waals surface area (Å²) in [6, 6.07) is 8.60. The number of nitrogens with one attached hydrogen (secondary N) is 1. The lowest BCUT2D eigenvalue weighted by Gasteiger charge is -2.14. The Labute approximate surface area is 140 Å². The second-order valence-electron chi connectivity index (χ2n) is 4.77. The second kappa shape index (κ2) is 7.96. The lowest BCUT2D eigenvalue weighted by atomic mass is 10.1. The monoisotopic (exact) mass is 329 g/mol. The van der Waals surface area contributed by atoms with Crippen LogP contribution in [0.15, 0.2) is 41.6 Å². The number of hydrazone groups is 1. The normalized spacial score (nSPS) is 10.9. The highest BCUT2D eigenvalue weighted by atomic mass is 16.5. The van der Waals surface area contributed by atoms with Crippen molar-refractivity contribution in [1.82, 2.24) is 10.4 Å². The standard InChI is InChI=1S/C17H19N3O4/c1-11(19-20-17(21)13-7-5-6-8-18-13)12-9-14(22-2)16(24-4)15(10-12)23-3/h5-10H,1-4H3,(H,20,21)/b19-11+. The Bertz CT molecular complexity index is 720. The third-order valence-electron chi connectivity index (χ3n) is 3.31. The number of rotatable bonds is 6. The van der Waals surface area contributed by atoms with Crippen molar-refractivity contribution in [1.29, 1.82) is 0 Å². The third kappa shape index (κ3) is 3.81. The Morgan fingerprint density at radius 1 is 1.08 bits per heavy atom. The molecule has 2 aromatic rings. The zero-order valence-electron chi connectivity index (χ0n) is 14.0. The molecule has 7 heteroatoms. The van der Waals surface area contributed by atoms with Gasteiger partial charge in [-0.2, -0.15) is 5.10 Å². The molecule has 2 rings (SSSR count). The number of aromatic nitrogens is 1. The number of nitrogens with zero attached hydrogens (tertiary/aromatic N) is 2. The lowest BCUT2D eigenvalue weighted by molar-refractivity contribution is 0.0950. The topological polar surface area (TPSA) is 82.0 Å². The summed E-state index contributed by atoms with van der Waals surface area (Å²) in [5.41, 5.74) is 4.07. The summed E-state index contributed by atoms with van der Waals surface area (Å²) in [4.78, 5) is 15.9. The van der Waals surface area contributed by atoms with E-state index >= 15 is 0 Å². The Morgan fingerprint density at radius 3 is 2.25 bits per heavy atom. The molecule has 126 valence electrons. The molecule has 0 radical (unpaired) electrons. The molecule has 1 N–H and O–H groups in total. The first-order chi connectivity index (χ1) is 11.6. The fraction of sp³-hybridized carbons (Fsp3) is 0.235. The van der Waals surface area contributed by atoms with Crippen LogP contribution < -0.4 is 19.6 Å². The van der Waals surface area contributed by atoms with E-state index in [1.165, 1.54) is 21.3 Å². The minimum Gasteiger partial charge on any atom is -0.493 e. The summed E-state index contributed by atoms with van der Waals surface area (Å²) in [5, 5.41) is 4.10. The predicted octanol–water partition coefficient (Wildman–Crippen LogP) is 2.26. The molecule has 0 aliphatic rings. The van der Waals surface area contributed by atoms with E-state index in [2.05, 4.69) is 15.5 Å². The molecule has 0 unspecified atom stereocenters. The van der Waals surface area contributed by atoms with Gasteiger partial charge in [0.25, 0.3) is 5.91 Å². The van der Waals surface area contributed by atoms with Crippen molar-refractivity contribution in [2.45, 2.75) is 6.92 Å². The molecule has 1 aromatic carbocycles. The highest BCUT2D eigenvalue weighted by Crippen LogP contribution is 2.38. The predicted molar refractivity (Wildman–Crippen MR) is 90.0 cm³/mol. The van der Waals surface area contributed by atoms with Gasteiger partial charge in [0.2, 0.25) is 5.75 Å². The van der Waals surface area contributed by atoms with Gasteiger partial charge in [-0.3, -0.25) is 9.78 Å². The van der Waals surface area contributed by atoms with Crippen molar-refractivity contribution < 1.29 is 19.0 Å². The molecule has 0 fully saturated rings. The molecule has 1 heterocycles. The van der Waals surface area contributed by atoms with Crippen molar-refractivity contribution in [2.75, 3.05) is 21.3 Å². The molecule has 7 nitrogen and oxygen atoms in total. The van der Waals surface area contributed by atoms with Gasteiger partial charge in [-0.25, -0.2) is 5.43 Å². The maximum Gasteiger partial charge on any atom is 0.289 e. The first-order valence-electron chi connectivity index (χ1n) is 7.16. The molecule has 24 heavy (non-hydrogen) atoms. The van der Waals surface area contributed by atoms with Gasteiger partial charge in [-0.1, -0.05) is 6.07 Å². The summed E-state index contributed by atoms with van der Waals surface area (Å²) >= 11 is 0. The zero-order chi connectivity index (χ0) is 17.5. The van der Waals surface area contributed by atoms with Crippen LogP contribution in [0.5, 0.6) is 17.2 Å². The van der Waals surface area contributed by atoms with Crippen molar-refractivity contribution in [3.8, 4) is 17.2 Å². The fourth-order valence-electron chi connectivity index (χ4n) is 2.04. The van der Waals surface area contributed by atoms with Gasteiger partial charge in [-0.05, 0) is 31.2 Å². The van der Waals surface area contributed by atoms with Crippen molar-refractivity contribution in [3.63, 3.8) is 0 Å². The fourth-order valence-corrected chi connectivity index (χ4v) is 2.04. The second-order valence-corrected chi connectivity index (χ2v) is 4.77. The minimum atomic E-state index is -0.387. The maximum atomic E-state index is 12.0. The van der Waals surface area contributed by atoms with Gasteiger partial charge in [0.1, 0.15) is 5.69 Å². The van der Waals surface area contributed by atoms with Gasteiger partial charge in [0.05, 0.1) is 27.0 Å². The van der Waals surface area contributed by atoms with Crippen LogP contribution in [0.4, 0.5) is 0 Å². The molecule has 0 atom stereocenters. The van der Waals surface area contributed by atoms with Gasteiger partial charge >= 0.3 is 0 Å². The van der Waals surface area contributed by atoms with Crippen molar-refractivity contribution >= 4 is 11.6 Å². The Hall–Kier alpha value is -3.09. The summed E-state index contributed by atoms with van der Waals surface area (Å²) in [7, 11) is 4.61. The highest BCUT2D eigenvalue weighted by Gasteiger charge is 2.14. The molecule has 0 bridgehead atoms. The molecule has 1 aromatic heterocycles. The number of hydrogen-bond donors (Lipinski definition) is 1. The van der Waals surface area contributed by atoms with E-state index in [1.807, 2.05) is 0 Å². The quantitative estimate of drug-likeness (QED) is 0.649.